The van der Waals surface area contributed by atoms with Gasteiger partial charge in [-0.3, -0.25) is 4.79 Å². The highest BCUT2D eigenvalue weighted by Gasteiger charge is 2.25. The molecular formula is C24H26ClN3O4. The van der Waals surface area contributed by atoms with Crippen LogP contribution in [-0.4, -0.2) is 48.3 Å². The highest BCUT2D eigenvalue weighted by Crippen LogP contribution is 2.27. The lowest BCUT2D eigenvalue weighted by Gasteiger charge is -2.31. The third-order valence-corrected chi connectivity index (χ3v) is 6.11. The van der Waals surface area contributed by atoms with Gasteiger partial charge in [-0.2, -0.15) is 4.98 Å². The van der Waals surface area contributed by atoms with Crippen LogP contribution in [0.3, 0.4) is 0 Å². The molecule has 32 heavy (non-hydrogen) atoms. The summed E-state index contributed by atoms with van der Waals surface area (Å²) in [4.78, 5) is 19.2. The molecule has 1 aliphatic heterocycles. The van der Waals surface area contributed by atoms with Crippen LogP contribution in [0.15, 0.2) is 47.0 Å². The Kier molecular flexibility index (Phi) is 6.95. The number of amides is 1. The van der Waals surface area contributed by atoms with Crippen molar-refractivity contribution in [2.75, 3.05) is 27.3 Å². The number of rotatable bonds is 7. The predicted molar refractivity (Wildman–Crippen MR) is 121 cm³/mol. The molecule has 2 heterocycles. The summed E-state index contributed by atoms with van der Waals surface area (Å²) in [5.74, 6) is 3.14. The van der Waals surface area contributed by atoms with Gasteiger partial charge in [0.25, 0.3) is 0 Å². The third kappa shape index (κ3) is 5.22. The van der Waals surface area contributed by atoms with Gasteiger partial charge in [-0.15, -0.1) is 0 Å². The van der Waals surface area contributed by atoms with E-state index in [1.165, 1.54) is 0 Å². The summed E-state index contributed by atoms with van der Waals surface area (Å²) in [5.41, 5.74) is 1.78. The molecule has 1 aliphatic rings. The molecule has 1 fully saturated rings. The highest BCUT2D eigenvalue weighted by molar-refractivity contribution is 6.32. The van der Waals surface area contributed by atoms with Crippen molar-refractivity contribution in [1.29, 1.82) is 0 Å². The Bertz CT molecular complexity index is 1060. The quantitative estimate of drug-likeness (QED) is 0.524. The molecule has 0 spiro atoms. The van der Waals surface area contributed by atoms with Crippen molar-refractivity contribution in [2.45, 2.75) is 25.7 Å². The maximum atomic E-state index is 12.7. The summed E-state index contributed by atoms with van der Waals surface area (Å²) < 4.78 is 15.8. The second kappa shape index (κ2) is 10.0. The van der Waals surface area contributed by atoms with E-state index < -0.39 is 0 Å². The van der Waals surface area contributed by atoms with Crippen LogP contribution in [0.1, 0.15) is 24.3 Å². The van der Waals surface area contributed by atoms with Crippen LogP contribution in [0.5, 0.6) is 11.5 Å². The standard InChI is InChI=1S/C24H26ClN3O4/c1-30-19-6-4-18(5-7-19)24-26-22(32-27-24)14-16-9-11-28(12-10-16)23(29)15-17-3-8-21(31-2)20(25)13-17/h3-8,13,16H,9-12,14-15H2,1-2H3. The lowest BCUT2D eigenvalue weighted by Crippen LogP contribution is -2.39. The predicted octanol–water partition coefficient (Wildman–Crippen LogP) is 4.43. The van der Waals surface area contributed by atoms with Crippen molar-refractivity contribution in [2.24, 2.45) is 5.92 Å². The second-order valence-electron chi connectivity index (χ2n) is 7.91. The Morgan fingerprint density at radius 2 is 1.88 bits per heavy atom. The first-order valence-corrected chi connectivity index (χ1v) is 11.0. The Morgan fingerprint density at radius 1 is 1.12 bits per heavy atom. The van der Waals surface area contributed by atoms with Crippen LogP contribution in [0.4, 0.5) is 0 Å². The van der Waals surface area contributed by atoms with E-state index in [-0.39, 0.29) is 5.91 Å². The monoisotopic (exact) mass is 455 g/mol. The van der Waals surface area contributed by atoms with Gasteiger partial charge in [-0.1, -0.05) is 22.8 Å². The number of nitrogens with zero attached hydrogens (tertiary/aromatic N) is 3. The first-order chi connectivity index (χ1) is 15.6. The lowest BCUT2D eigenvalue weighted by molar-refractivity contribution is -0.131. The number of carbonyl (C=O) groups is 1. The van der Waals surface area contributed by atoms with Gasteiger partial charge >= 0.3 is 0 Å². The van der Waals surface area contributed by atoms with Crippen molar-refractivity contribution in [3.63, 3.8) is 0 Å². The number of aromatic nitrogens is 2. The van der Waals surface area contributed by atoms with E-state index in [4.69, 9.17) is 25.6 Å². The summed E-state index contributed by atoms with van der Waals surface area (Å²) in [6.07, 6.45) is 2.88. The van der Waals surface area contributed by atoms with Crippen LogP contribution in [-0.2, 0) is 17.6 Å². The minimum absolute atomic E-state index is 0.115. The third-order valence-electron chi connectivity index (χ3n) is 5.82. The van der Waals surface area contributed by atoms with Crippen molar-refractivity contribution < 1.29 is 18.8 Å². The van der Waals surface area contributed by atoms with Crippen LogP contribution in [0.25, 0.3) is 11.4 Å². The van der Waals surface area contributed by atoms with E-state index in [0.717, 1.165) is 49.2 Å². The molecule has 168 valence electrons. The smallest absolute Gasteiger partial charge is 0.227 e. The van der Waals surface area contributed by atoms with Crippen LogP contribution < -0.4 is 9.47 Å². The Hall–Kier alpha value is -3.06. The van der Waals surface area contributed by atoms with Gasteiger partial charge in [0.1, 0.15) is 11.5 Å². The number of ether oxygens (including phenoxy) is 2. The normalized spacial score (nSPS) is 14.4. The summed E-state index contributed by atoms with van der Waals surface area (Å²) in [6.45, 7) is 1.46. The molecule has 0 radical (unpaired) electrons. The molecule has 1 amide bonds. The van der Waals surface area contributed by atoms with Gasteiger partial charge in [-0.05, 0) is 60.7 Å². The molecule has 3 aromatic rings. The minimum atomic E-state index is 0.115. The van der Waals surface area contributed by atoms with Crippen molar-refractivity contribution >= 4 is 17.5 Å². The zero-order chi connectivity index (χ0) is 22.5. The van der Waals surface area contributed by atoms with Gasteiger partial charge in [0.15, 0.2) is 0 Å². The first-order valence-electron chi connectivity index (χ1n) is 10.6. The molecule has 8 heteroatoms. The fourth-order valence-corrected chi connectivity index (χ4v) is 4.22. The van der Waals surface area contributed by atoms with Crippen LogP contribution >= 0.6 is 11.6 Å². The molecule has 0 saturated carbocycles. The molecule has 0 bridgehead atoms. The molecule has 4 rings (SSSR count). The van der Waals surface area contributed by atoms with Crippen molar-refractivity contribution in [1.82, 2.24) is 15.0 Å². The summed E-state index contributed by atoms with van der Waals surface area (Å²) in [6, 6.07) is 13.0. The molecule has 0 N–H and O–H groups in total. The second-order valence-corrected chi connectivity index (χ2v) is 8.32. The van der Waals surface area contributed by atoms with Gasteiger partial charge < -0.3 is 18.9 Å². The van der Waals surface area contributed by atoms with E-state index >= 15 is 0 Å². The first kappa shape index (κ1) is 22.1. The fourth-order valence-electron chi connectivity index (χ4n) is 3.93. The van der Waals surface area contributed by atoms with Crippen LogP contribution in [0, 0.1) is 5.92 Å². The zero-order valence-corrected chi connectivity index (χ0v) is 19.0. The SMILES string of the molecule is COc1ccc(-c2noc(CC3CCN(C(=O)Cc4ccc(OC)c(Cl)c4)CC3)n2)cc1. The van der Waals surface area contributed by atoms with E-state index in [1.807, 2.05) is 35.2 Å². The Morgan fingerprint density at radius 3 is 2.53 bits per heavy atom. The summed E-state index contributed by atoms with van der Waals surface area (Å²) in [7, 11) is 3.21. The molecule has 0 unspecified atom stereocenters. The fraction of sp³-hybridized carbons (Fsp3) is 0.375. The number of likely N-dealkylation sites (tertiary alicyclic amines) is 1. The summed E-state index contributed by atoms with van der Waals surface area (Å²) in [5, 5.41) is 4.62. The number of piperidine rings is 1. The molecule has 1 saturated heterocycles. The maximum Gasteiger partial charge on any atom is 0.227 e. The van der Waals surface area contributed by atoms with E-state index in [0.29, 0.717) is 34.8 Å². The number of hydrogen-bond acceptors (Lipinski definition) is 6. The number of benzene rings is 2. The summed E-state index contributed by atoms with van der Waals surface area (Å²) >= 11 is 6.17. The van der Waals surface area contributed by atoms with Gasteiger partial charge in [0.05, 0.1) is 25.7 Å². The van der Waals surface area contributed by atoms with Gasteiger partial charge in [0.2, 0.25) is 17.6 Å². The Balaban J connectivity index is 1.28. The molecule has 2 aromatic carbocycles. The minimum Gasteiger partial charge on any atom is -0.497 e. The van der Waals surface area contributed by atoms with E-state index in [1.54, 1.807) is 26.4 Å². The van der Waals surface area contributed by atoms with Crippen molar-refractivity contribution in [3.05, 3.63) is 58.9 Å². The molecule has 0 atom stereocenters. The van der Waals surface area contributed by atoms with Gasteiger partial charge in [0, 0.05) is 25.1 Å². The average molecular weight is 456 g/mol. The van der Waals surface area contributed by atoms with Crippen LogP contribution in [0.2, 0.25) is 5.02 Å². The number of methoxy groups -OCH3 is 2. The molecular weight excluding hydrogens is 430 g/mol. The van der Waals surface area contributed by atoms with E-state index in [9.17, 15) is 4.79 Å². The molecule has 7 nitrogen and oxygen atoms in total. The van der Waals surface area contributed by atoms with Crippen molar-refractivity contribution in [3.8, 4) is 22.9 Å². The van der Waals surface area contributed by atoms with Gasteiger partial charge in [-0.25, -0.2) is 0 Å². The highest BCUT2D eigenvalue weighted by atomic mass is 35.5. The zero-order valence-electron chi connectivity index (χ0n) is 18.2. The lowest BCUT2D eigenvalue weighted by atomic mass is 9.93. The van der Waals surface area contributed by atoms with E-state index in [2.05, 4.69) is 10.1 Å². The molecule has 1 aromatic heterocycles. The number of halogens is 1. The molecule has 0 aliphatic carbocycles. The number of hydrogen-bond donors (Lipinski definition) is 0. The Labute approximate surface area is 192 Å². The average Bonchev–Trinajstić information content (AvgIpc) is 3.28. The topological polar surface area (TPSA) is 77.7 Å². The number of carbonyl (C=O) groups excluding carboxylic acids is 1. The largest absolute Gasteiger partial charge is 0.497 e. The maximum absolute atomic E-state index is 12.7.